The molecule has 45 heavy (non-hydrogen) atoms. The van der Waals surface area contributed by atoms with Crippen molar-refractivity contribution in [2.45, 2.75) is 84.1 Å². The molecule has 2 aromatic carbocycles. The molecule has 2 rings (SSSR count). The van der Waals surface area contributed by atoms with Crippen LogP contribution in [0, 0.1) is 11.8 Å². The quantitative estimate of drug-likeness (QED) is 0.208. The maximum Gasteiger partial charge on any atom is 0.328 e. The van der Waals surface area contributed by atoms with Crippen LogP contribution in [0.3, 0.4) is 0 Å². The molecule has 5 N–H and O–H groups in total. The first kappa shape index (κ1) is 36.9. The Bertz CT molecular complexity index is 1270. The first-order valence-corrected chi connectivity index (χ1v) is 15.4. The van der Waals surface area contributed by atoms with Crippen molar-refractivity contribution in [2.75, 3.05) is 14.2 Å². The Balaban J connectivity index is 2.26. The van der Waals surface area contributed by atoms with Crippen LogP contribution in [-0.2, 0) is 41.6 Å². The number of nitrogens with one attached hydrogen (secondary N) is 3. The van der Waals surface area contributed by atoms with Crippen molar-refractivity contribution in [1.29, 1.82) is 0 Å². The fourth-order valence-electron chi connectivity index (χ4n) is 5.09. The summed E-state index contributed by atoms with van der Waals surface area (Å²) in [7, 11) is 2.76. The zero-order valence-corrected chi connectivity index (χ0v) is 27.4. The van der Waals surface area contributed by atoms with Crippen LogP contribution < -0.4 is 21.7 Å². The molecule has 246 valence electrons. The van der Waals surface area contributed by atoms with Crippen molar-refractivity contribution in [1.82, 2.24) is 20.9 Å². The molecule has 0 aromatic heterocycles. The Morgan fingerprint density at radius 1 is 0.778 bits per heavy atom. The van der Waals surface area contributed by atoms with Crippen LogP contribution in [0.4, 0.5) is 0 Å². The minimum absolute atomic E-state index is 0.151. The molecule has 6 atom stereocenters. The second-order valence-corrected chi connectivity index (χ2v) is 11.8. The van der Waals surface area contributed by atoms with Crippen molar-refractivity contribution in [3.8, 4) is 0 Å². The van der Waals surface area contributed by atoms with Crippen molar-refractivity contribution in [2.24, 2.45) is 17.6 Å². The molecule has 0 unspecified atom stereocenters. The highest BCUT2D eigenvalue weighted by Crippen LogP contribution is 2.16. The van der Waals surface area contributed by atoms with E-state index in [2.05, 4.69) is 16.0 Å². The molecule has 0 radical (unpaired) electrons. The lowest BCUT2D eigenvalue weighted by Gasteiger charge is -2.34. The van der Waals surface area contributed by atoms with E-state index in [0.717, 1.165) is 11.1 Å². The molecule has 0 spiro atoms. The molecule has 2 aromatic rings. The molecular weight excluding hydrogens is 574 g/mol. The van der Waals surface area contributed by atoms with Gasteiger partial charge in [-0.25, -0.2) is 4.79 Å². The van der Waals surface area contributed by atoms with Gasteiger partial charge in [0.05, 0.1) is 13.2 Å². The van der Waals surface area contributed by atoms with Gasteiger partial charge in [0, 0.05) is 13.5 Å². The standard InChI is InChI=1S/C34H49N5O6/c1-8-22(4)28(31(41)37-27(20-25-17-13-10-14-18-25)30(40)36-23(5)34(44)45-7)38-32(42)29(21(2)3)39(6)33(43)26(35)19-24-15-11-9-12-16-24/h9-18,21-23,26-29H,8,19-20,35H2,1-7H3,(H,36,40)(H,37,41)(H,38,42)/t22-,23-,26-,27-,28-,29-/m0/s1. The fraction of sp³-hybridized carbons (Fsp3) is 0.500. The summed E-state index contributed by atoms with van der Waals surface area (Å²) in [6.07, 6.45) is 1.02. The molecule has 4 amide bonds. The Kier molecular flexibility index (Phi) is 14.7. The molecule has 0 saturated heterocycles. The van der Waals surface area contributed by atoms with E-state index in [1.165, 1.54) is 18.9 Å². The Hall–Kier alpha value is -4.25. The van der Waals surface area contributed by atoms with Gasteiger partial charge in [-0.1, -0.05) is 94.8 Å². The van der Waals surface area contributed by atoms with E-state index in [4.69, 9.17) is 10.5 Å². The molecule has 0 aliphatic heterocycles. The van der Waals surface area contributed by atoms with Gasteiger partial charge in [-0.05, 0) is 36.3 Å². The van der Waals surface area contributed by atoms with Gasteiger partial charge in [0.1, 0.15) is 24.2 Å². The summed E-state index contributed by atoms with van der Waals surface area (Å²) < 4.78 is 4.72. The minimum atomic E-state index is -1.04. The SMILES string of the molecule is CC[C@H](C)[C@H](NC(=O)[C@H](C(C)C)N(C)C(=O)[C@@H](N)Cc1ccccc1)C(=O)N[C@@H](Cc1ccccc1)C(=O)N[C@@H](C)C(=O)OC. The lowest BCUT2D eigenvalue weighted by atomic mass is 9.95. The number of likely N-dealkylation sites (N-methyl/N-ethyl adjacent to an activating group) is 1. The van der Waals surface area contributed by atoms with Gasteiger partial charge in [0.15, 0.2) is 0 Å². The average Bonchev–Trinajstić information content (AvgIpc) is 3.02. The maximum atomic E-state index is 13.8. The number of ether oxygens (including phenoxy) is 1. The second-order valence-electron chi connectivity index (χ2n) is 11.8. The third-order valence-corrected chi connectivity index (χ3v) is 7.90. The van der Waals surface area contributed by atoms with Crippen LogP contribution in [0.25, 0.3) is 0 Å². The number of methoxy groups -OCH3 is 1. The van der Waals surface area contributed by atoms with E-state index >= 15 is 0 Å². The highest BCUT2D eigenvalue weighted by molar-refractivity contribution is 5.95. The van der Waals surface area contributed by atoms with E-state index in [1.807, 2.05) is 88.4 Å². The number of carbonyl (C=O) groups excluding carboxylic acids is 5. The van der Waals surface area contributed by atoms with Gasteiger partial charge in [-0.15, -0.1) is 0 Å². The van der Waals surface area contributed by atoms with Crippen LogP contribution in [0.15, 0.2) is 60.7 Å². The Morgan fingerprint density at radius 2 is 1.31 bits per heavy atom. The largest absolute Gasteiger partial charge is 0.467 e. The minimum Gasteiger partial charge on any atom is -0.467 e. The topological polar surface area (TPSA) is 160 Å². The van der Waals surface area contributed by atoms with Gasteiger partial charge in [0.25, 0.3) is 0 Å². The summed E-state index contributed by atoms with van der Waals surface area (Å²) in [5.74, 6) is -3.25. The average molecular weight is 624 g/mol. The number of nitrogens with zero attached hydrogens (tertiary/aromatic N) is 1. The number of esters is 1. The number of nitrogens with two attached hydrogens (primary N) is 1. The summed E-state index contributed by atoms with van der Waals surface area (Å²) >= 11 is 0. The number of benzene rings is 2. The molecule has 0 fully saturated rings. The van der Waals surface area contributed by atoms with Crippen molar-refractivity contribution in [3.63, 3.8) is 0 Å². The molecule has 11 heteroatoms. The molecule has 11 nitrogen and oxygen atoms in total. The van der Waals surface area contributed by atoms with E-state index in [1.54, 1.807) is 7.05 Å². The van der Waals surface area contributed by atoms with Crippen molar-refractivity contribution >= 4 is 29.6 Å². The van der Waals surface area contributed by atoms with Gasteiger partial charge in [-0.3, -0.25) is 19.2 Å². The number of hydrogen-bond acceptors (Lipinski definition) is 7. The summed E-state index contributed by atoms with van der Waals surface area (Å²) in [4.78, 5) is 67.4. The highest BCUT2D eigenvalue weighted by atomic mass is 16.5. The van der Waals surface area contributed by atoms with Crippen molar-refractivity contribution in [3.05, 3.63) is 71.8 Å². The summed E-state index contributed by atoms with van der Waals surface area (Å²) in [6, 6.07) is 13.8. The van der Waals surface area contributed by atoms with E-state index in [0.29, 0.717) is 12.8 Å². The van der Waals surface area contributed by atoms with Crippen molar-refractivity contribution < 1.29 is 28.7 Å². The Labute approximate surface area is 266 Å². The summed E-state index contributed by atoms with van der Waals surface area (Å²) in [5.41, 5.74) is 7.96. The third-order valence-electron chi connectivity index (χ3n) is 7.90. The van der Waals surface area contributed by atoms with Crippen LogP contribution in [0.5, 0.6) is 0 Å². The smallest absolute Gasteiger partial charge is 0.328 e. The predicted molar refractivity (Wildman–Crippen MR) is 173 cm³/mol. The molecule has 0 aliphatic carbocycles. The van der Waals surface area contributed by atoms with Gasteiger partial charge in [-0.2, -0.15) is 0 Å². The number of rotatable bonds is 16. The zero-order chi connectivity index (χ0) is 33.7. The van der Waals surface area contributed by atoms with E-state index < -0.39 is 59.8 Å². The van der Waals surface area contributed by atoms with E-state index in [-0.39, 0.29) is 18.3 Å². The van der Waals surface area contributed by atoms with E-state index in [9.17, 15) is 24.0 Å². The number of amides is 4. The maximum absolute atomic E-state index is 13.8. The normalized spacial score (nSPS) is 15.0. The molecule has 0 bridgehead atoms. The van der Waals surface area contributed by atoms with Crippen LogP contribution >= 0.6 is 0 Å². The second kappa shape index (κ2) is 17.9. The van der Waals surface area contributed by atoms with Gasteiger partial charge in [0.2, 0.25) is 23.6 Å². The monoisotopic (exact) mass is 623 g/mol. The zero-order valence-electron chi connectivity index (χ0n) is 27.4. The summed E-state index contributed by atoms with van der Waals surface area (Å²) in [5, 5.41) is 8.25. The summed E-state index contributed by atoms with van der Waals surface area (Å²) in [6.45, 7) is 8.84. The Morgan fingerprint density at radius 3 is 1.80 bits per heavy atom. The first-order valence-electron chi connectivity index (χ1n) is 15.4. The lowest BCUT2D eigenvalue weighted by Crippen LogP contribution is -2.61. The highest BCUT2D eigenvalue weighted by Gasteiger charge is 2.36. The number of hydrogen-bond donors (Lipinski definition) is 4. The molecule has 0 heterocycles. The first-order chi connectivity index (χ1) is 21.3. The van der Waals surface area contributed by atoms with Crippen LogP contribution in [0.1, 0.15) is 52.2 Å². The fourth-order valence-corrected chi connectivity index (χ4v) is 5.09. The number of carbonyl (C=O) groups is 5. The lowest BCUT2D eigenvalue weighted by molar-refractivity contribution is -0.145. The van der Waals surface area contributed by atoms with Crippen LogP contribution in [0.2, 0.25) is 0 Å². The molecular formula is C34H49N5O6. The molecule has 0 aliphatic rings. The van der Waals surface area contributed by atoms with Gasteiger partial charge >= 0.3 is 5.97 Å². The predicted octanol–water partition coefficient (Wildman–Crippen LogP) is 1.98. The molecule has 0 saturated carbocycles. The third kappa shape index (κ3) is 11.0. The van der Waals surface area contributed by atoms with Gasteiger partial charge < -0.3 is 31.3 Å². The van der Waals surface area contributed by atoms with Crippen LogP contribution in [-0.4, -0.2) is 78.9 Å².